The maximum atomic E-state index is 11.5. The molecule has 1 heterocycles. The molecule has 3 nitrogen and oxygen atoms in total. The molecule has 1 unspecified atom stereocenters. The zero-order chi connectivity index (χ0) is 9.73. The Balaban J connectivity index is 2.57. The van der Waals surface area contributed by atoms with E-state index in [0.717, 1.165) is 32.2 Å². The number of carbonyl (C=O) groups is 1. The van der Waals surface area contributed by atoms with Crippen LogP contribution in [0.15, 0.2) is 0 Å². The molecule has 0 saturated carbocycles. The van der Waals surface area contributed by atoms with E-state index in [1.54, 1.807) is 0 Å². The molecule has 0 amide bonds. The molecule has 0 aliphatic carbocycles. The first-order valence-corrected chi connectivity index (χ1v) is 5.18. The number of halogens is 1. The molecule has 1 atom stereocenters. The average Bonchev–Trinajstić information content (AvgIpc) is 2.63. The first kappa shape index (κ1) is 10.8. The Morgan fingerprint density at radius 3 is 2.92 bits per heavy atom. The molecular formula is C9H16ClNO2. The van der Waals surface area contributed by atoms with Crippen molar-refractivity contribution in [3.8, 4) is 0 Å². The average molecular weight is 206 g/mol. The van der Waals surface area contributed by atoms with E-state index in [1.807, 2.05) is 0 Å². The minimum Gasteiger partial charge on any atom is -0.468 e. The fourth-order valence-corrected chi connectivity index (χ4v) is 1.99. The molecule has 1 fully saturated rings. The highest BCUT2D eigenvalue weighted by atomic mass is 35.5. The largest absolute Gasteiger partial charge is 0.468 e. The molecule has 1 aliphatic rings. The lowest BCUT2D eigenvalue weighted by molar-refractivity contribution is -0.148. The van der Waals surface area contributed by atoms with Gasteiger partial charge in [0.15, 0.2) is 0 Å². The van der Waals surface area contributed by atoms with Crippen LogP contribution < -0.4 is 5.32 Å². The first-order valence-electron chi connectivity index (χ1n) is 4.64. The monoisotopic (exact) mass is 205 g/mol. The summed E-state index contributed by atoms with van der Waals surface area (Å²) in [6, 6.07) is 0. The number of nitrogens with one attached hydrogen (secondary N) is 1. The molecule has 0 bridgehead atoms. The van der Waals surface area contributed by atoms with Gasteiger partial charge in [0.25, 0.3) is 0 Å². The molecule has 1 saturated heterocycles. The highest BCUT2D eigenvalue weighted by Gasteiger charge is 2.41. The second-order valence-corrected chi connectivity index (χ2v) is 3.77. The van der Waals surface area contributed by atoms with Crippen LogP contribution in [0.5, 0.6) is 0 Å². The van der Waals surface area contributed by atoms with Gasteiger partial charge in [-0.2, -0.15) is 0 Å². The Morgan fingerprint density at radius 2 is 2.46 bits per heavy atom. The van der Waals surface area contributed by atoms with E-state index in [0.29, 0.717) is 5.88 Å². The van der Waals surface area contributed by atoms with Crippen LogP contribution in [-0.2, 0) is 9.53 Å². The van der Waals surface area contributed by atoms with Gasteiger partial charge in [0.05, 0.1) is 7.11 Å². The lowest BCUT2D eigenvalue weighted by atomic mass is 9.92. The van der Waals surface area contributed by atoms with E-state index in [2.05, 4.69) is 5.32 Å². The molecule has 76 valence electrons. The van der Waals surface area contributed by atoms with Crippen molar-refractivity contribution in [3.05, 3.63) is 0 Å². The fourth-order valence-electron chi connectivity index (χ4n) is 1.86. The van der Waals surface area contributed by atoms with E-state index in [4.69, 9.17) is 16.3 Å². The van der Waals surface area contributed by atoms with Crippen molar-refractivity contribution in [2.24, 2.45) is 0 Å². The summed E-state index contributed by atoms with van der Waals surface area (Å²) in [7, 11) is 1.44. The molecule has 0 radical (unpaired) electrons. The maximum Gasteiger partial charge on any atom is 0.326 e. The molecule has 13 heavy (non-hydrogen) atoms. The van der Waals surface area contributed by atoms with Gasteiger partial charge in [-0.25, -0.2) is 0 Å². The number of esters is 1. The van der Waals surface area contributed by atoms with Crippen molar-refractivity contribution in [2.45, 2.75) is 31.2 Å². The summed E-state index contributed by atoms with van der Waals surface area (Å²) in [5, 5.41) is 3.22. The lowest BCUT2D eigenvalue weighted by Gasteiger charge is -2.25. The SMILES string of the molecule is COC(=O)C1(CCCCl)CCCN1. The van der Waals surface area contributed by atoms with E-state index in [1.165, 1.54) is 7.11 Å². The first-order chi connectivity index (χ1) is 6.25. The molecule has 0 aromatic carbocycles. The molecule has 1 rings (SSSR count). The Kier molecular flexibility index (Phi) is 4.00. The van der Waals surface area contributed by atoms with Crippen molar-refractivity contribution in [3.63, 3.8) is 0 Å². The topological polar surface area (TPSA) is 38.3 Å². The van der Waals surface area contributed by atoms with Crippen LogP contribution in [0.4, 0.5) is 0 Å². The Morgan fingerprint density at radius 1 is 1.69 bits per heavy atom. The number of alkyl halides is 1. The zero-order valence-electron chi connectivity index (χ0n) is 7.94. The van der Waals surface area contributed by atoms with Crippen LogP contribution in [0.1, 0.15) is 25.7 Å². The quantitative estimate of drug-likeness (QED) is 0.556. The number of carbonyl (C=O) groups excluding carboxylic acids is 1. The molecule has 0 aromatic rings. The number of ether oxygens (including phenoxy) is 1. The molecule has 0 spiro atoms. The van der Waals surface area contributed by atoms with Crippen LogP contribution in [0, 0.1) is 0 Å². The predicted octanol–water partition coefficient (Wildman–Crippen LogP) is 1.30. The fraction of sp³-hybridized carbons (Fsp3) is 0.889. The summed E-state index contributed by atoms with van der Waals surface area (Å²) in [5.41, 5.74) is -0.441. The van der Waals surface area contributed by atoms with Crippen molar-refractivity contribution in [1.29, 1.82) is 0 Å². The summed E-state index contributed by atoms with van der Waals surface area (Å²) in [6.07, 6.45) is 3.54. The van der Waals surface area contributed by atoms with Crippen LogP contribution in [0.3, 0.4) is 0 Å². The van der Waals surface area contributed by atoms with Gasteiger partial charge >= 0.3 is 5.97 Å². The normalized spacial score (nSPS) is 27.5. The Hall–Kier alpha value is -0.280. The standard InChI is InChI=1S/C9H16ClNO2/c1-13-8(12)9(4-2-6-10)5-3-7-11-9/h11H,2-7H2,1H3. The van der Waals surface area contributed by atoms with Gasteiger partial charge in [-0.05, 0) is 32.2 Å². The summed E-state index contributed by atoms with van der Waals surface area (Å²) >= 11 is 5.61. The Labute approximate surface area is 83.8 Å². The third-order valence-corrected chi connectivity index (χ3v) is 2.82. The minimum absolute atomic E-state index is 0.143. The van der Waals surface area contributed by atoms with Gasteiger partial charge in [0.2, 0.25) is 0 Å². The number of rotatable bonds is 4. The number of hydrogen-bond acceptors (Lipinski definition) is 3. The molecule has 0 aromatic heterocycles. The van der Waals surface area contributed by atoms with Gasteiger partial charge in [0.1, 0.15) is 5.54 Å². The highest BCUT2D eigenvalue weighted by Crippen LogP contribution is 2.26. The van der Waals surface area contributed by atoms with Gasteiger partial charge < -0.3 is 10.1 Å². The highest BCUT2D eigenvalue weighted by molar-refractivity contribution is 6.17. The summed E-state index contributed by atoms with van der Waals surface area (Å²) in [6.45, 7) is 0.900. The molecule has 4 heteroatoms. The third kappa shape index (κ3) is 2.35. The molecule has 1 aliphatic heterocycles. The summed E-state index contributed by atoms with van der Waals surface area (Å²) < 4.78 is 4.79. The third-order valence-electron chi connectivity index (χ3n) is 2.56. The lowest BCUT2D eigenvalue weighted by Crippen LogP contribution is -2.48. The van der Waals surface area contributed by atoms with Crippen LogP contribution in [0.2, 0.25) is 0 Å². The predicted molar refractivity (Wildman–Crippen MR) is 51.9 cm³/mol. The van der Waals surface area contributed by atoms with Crippen molar-refractivity contribution in [2.75, 3.05) is 19.5 Å². The summed E-state index contributed by atoms with van der Waals surface area (Å²) in [4.78, 5) is 11.5. The number of hydrogen-bond donors (Lipinski definition) is 1. The zero-order valence-corrected chi connectivity index (χ0v) is 8.69. The van der Waals surface area contributed by atoms with Gasteiger partial charge in [-0.1, -0.05) is 0 Å². The maximum absolute atomic E-state index is 11.5. The van der Waals surface area contributed by atoms with E-state index >= 15 is 0 Å². The molecule has 1 N–H and O–H groups in total. The second kappa shape index (κ2) is 4.82. The second-order valence-electron chi connectivity index (χ2n) is 3.40. The van der Waals surface area contributed by atoms with E-state index in [-0.39, 0.29) is 5.97 Å². The van der Waals surface area contributed by atoms with E-state index in [9.17, 15) is 4.79 Å². The minimum atomic E-state index is -0.441. The Bertz CT molecular complexity index is 178. The van der Waals surface area contributed by atoms with Crippen molar-refractivity contribution < 1.29 is 9.53 Å². The van der Waals surface area contributed by atoms with Crippen LogP contribution in [-0.4, -0.2) is 31.0 Å². The van der Waals surface area contributed by atoms with Gasteiger partial charge in [-0.15, -0.1) is 11.6 Å². The van der Waals surface area contributed by atoms with E-state index < -0.39 is 5.54 Å². The smallest absolute Gasteiger partial charge is 0.326 e. The van der Waals surface area contributed by atoms with Crippen molar-refractivity contribution in [1.82, 2.24) is 5.32 Å². The van der Waals surface area contributed by atoms with Crippen molar-refractivity contribution >= 4 is 17.6 Å². The van der Waals surface area contributed by atoms with Crippen LogP contribution in [0.25, 0.3) is 0 Å². The van der Waals surface area contributed by atoms with Gasteiger partial charge in [0, 0.05) is 5.88 Å². The summed E-state index contributed by atoms with van der Waals surface area (Å²) in [5.74, 6) is 0.454. The molecular weight excluding hydrogens is 190 g/mol. The number of methoxy groups -OCH3 is 1. The van der Waals surface area contributed by atoms with Gasteiger partial charge in [-0.3, -0.25) is 4.79 Å². The van der Waals surface area contributed by atoms with Crippen LogP contribution >= 0.6 is 11.6 Å².